The third-order valence-corrected chi connectivity index (χ3v) is 4.55. The van der Waals surface area contributed by atoms with Gasteiger partial charge in [-0.25, -0.2) is 4.68 Å². The van der Waals surface area contributed by atoms with Crippen molar-refractivity contribution in [2.45, 2.75) is 24.8 Å². The Hall–Kier alpha value is -2.27. The predicted molar refractivity (Wildman–Crippen MR) is 91.1 cm³/mol. The van der Waals surface area contributed by atoms with Crippen LogP contribution < -0.4 is 5.84 Å². The van der Waals surface area contributed by atoms with Gasteiger partial charge in [0.25, 0.3) is 0 Å². The number of aromatic nitrogens is 3. The van der Waals surface area contributed by atoms with Crippen LogP contribution in [-0.4, -0.2) is 14.9 Å². The summed E-state index contributed by atoms with van der Waals surface area (Å²) in [7, 11) is 0. The Morgan fingerprint density at radius 1 is 1.05 bits per heavy atom. The largest absolute Gasteiger partial charge is 0.335 e. The minimum absolute atomic E-state index is 0.684. The lowest BCUT2D eigenvalue weighted by atomic mass is 10.1. The van der Waals surface area contributed by atoms with E-state index in [0.717, 1.165) is 16.5 Å². The van der Waals surface area contributed by atoms with Gasteiger partial charge in [0.15, 0.2) is 5.82 Å². The van der Waals surface area contributed by atoms with Crippen LogP contribution in [0.5, 0.6) is 0 Å². The maximum atomic E-state index is 6.14. The number of rotatable bonds is 4. The Bertz CT molecular complexity index is 781. The first-order valence-corrected chi connectivity index (χ1v) is 8.08. The lowest BCUT2D eigenvalue weighted by Gasteiger charge is -2.07. The van der Waals surface area contributed by atoms with Crippen molar-refractivity contribution in [1.29, 1.82) is 0 Å². The molecule has 0 radical (unpaired) electrons. The van der Waals surface area contributed by atoms with E-state index < -0.39 is 0 Å². The van der Waals surface area contributed by atoms with Gasteiger partial charge in [0.1, 0.15) is 0 Å². The van der Waals surface area contributed by atoms with E-state index in [1.807, 2.05) is 30.3 Å². The molecule has 0 atom stereocenters. The molecule has 1 aromatic heterocycles. The molecule has 0 bridgehead atoms. The number of aryl methyl sites for hydroxylation is 2. The second-order valence-corrected chi connectivity index (χ2v) is 6.20. The van der Waals surface area contributed by atoms with Crippen molar-refractivity contribution in [2.75, 3.05) is 5.84 Å². The highest BCUT2D eigenvalue weighted by atomic mass is 32.2. The molecule has 0 fully saturated rings. The van der Waals surface area contributed by atoms with E-state index in [-0.39, 0.29) is 0 Å². The molecule has 2 aromatic carbocycles. The fourth-order valence-electron chi connectivity index (χ4n) is 2.26. The fraction of sp³-hybridized carbons (Fsp3) is 0.176. The van der Waals surface area contributed by atoms with E-state index in [4.69, 9.17) is 5.84 Å². The topological polar surface area (TPSA) is 56.7 Å². The quantitative estimate of drug-likeness (QED) is 0.591. The van der Waals surface area contributed by atoms with Gasteiger partial charge in [-0.2, -0.15) is 0 Å². The average Bonchev–Trinajstić information content (AvgIpc) is 2.90. The van der Waals surface area contributed by atoms with Crippen LogP contribution in [0, 0.1) is 13.8 Å². The number of thioether (sulfide) groups is 1. The Kier molecular flexibility index (Phi) is 4.15. The molecule has 0 aliphatic rings. The first kappa shape index (κ1) is 14.7. The highest BCUT2D eigenvalue weighted by Gasteiger charge is 2.12. The summed E-state index contributed by atoms with van der Waals surface area (Å²) in [6.07, 6.45) is 0. The molecule has 0 aliphatic heterocycles. The summed E-state index contributed by atoms with van der Waals surface area (Å²) in [6, 6.07) is 16.3. The van der Waals surface area contributed by atoms with E-state index in [1.54, 1.807) is 16.4 Å². The third kappa shape index (κ3) is 2.99. The summed E-state index contributed by atoms with van der Waals surface area (Å²) in [5.74, 6) is 7.65. The van der Waals surface area contributed by atoms with Gasteiger partial charge in [0, 0.05) is 11.3 Å². The van der Waals surface area contributed by atoms with Gasteiger partial charge in [-0.05, 0) is 25.0 Å². The van der Waals surface area contributed by atoms with Crippen LogP contribution in [0.2, 0.25) is 0 Å². The minimum atomic E-state index is 0.684. The van der Waals surface area contributed by atoms with E-state index in [2.05, 4.69) is 42.2 Å². The van der Waals surface area contributed by atoms with Crippen LogP contribution in [0.15, 0.2) is 53.7 Å². The van der Waals surface area contributed by atoms with Gasteiger partial charge >= 0.3 is 0 Å². The second-order valence-electron chi connectivity index (χ2n) is 5.26. The van der Waals surface area contributed by atoms with Crippen molar-refractivity contribution in [2.24, 2.45) is 0 Å². The van der Waals surface area contributed by atoms with Crippen LogP contribution >= 0.6 is 11.8 Å². The highest BCUT2D eigenvalue weighted by molar-refractivity contribution is 7.98. The van der Waals surface area contributed by atoms with Crippen molar-refractivity contribution < 1.29 is 0 Å². The minimum Gasteiger partial charge on any atom is -0.335 e. The molecule has 112 valence electrons. The molecule has 2 N–H and O–H groups in total. The monoisotopic (exact) mass is 310 g/mol. The van der Waals surface area contributed by atoms with Gasteiger partial charge in [0.05, 0.1) is 0 Å². The zero-order valence-electron chi connectivity index (χ0n) is 12.7. The fourth-order valence-corrected chi connectivity index (χ4v) is 3.18. The van der Waals surface area contributed by atoms with Gasteiger partial charge in [-0.15, -0.1) is 10.2 Å². The summed E-state index contributed by atoms with van der Waals surface area (Å²) >= 11 is 1.60. The van der Waals surface area contributed by atoms with Gasteiger partial charge in [-0.3, -0.25) is 0 Å². The Morgan fingerprint density at radius 2 is 1.82 bits per heavy atom. The van der Waals surface area contributed by atoms with Crippen molar-refractivity contribution >= 4 is 11.8 Å². The number of nitrogens with zero attached hydrogens (tertiary/aromatic N) is 3. The van der Waals surface area contributed by atoms with Gasteiger partial charge < -0.3 is 5.84 Å². The molecular weight excluding hydrogens is 292 g/mol. The van der Waals surface area contributed by atoms with Crippen LogP contribution in [-0.2, 0) is 5.75 Å². The molecule has 3 rings (SSSR count). The molecule has 5 heteroatoms. The lowest BCUT2D eigenvalue weighted by molar-refractivity contribution is 0.849. The molecule has 4 nitrogen and oxygen atoms in total. The summed E-state index contributed by atoms with van der Waals surface area (Å²) in [6.45, 7) is 4.23. The Morgan fingerprint density at radius 3 is 2.59 bits per heavy atom. The second kappa shape index (κ2) is 6.23. The number of benzene rings is 2. The average molecular weight is 310 g/mol. The van der Waals surface area contributed by atoms with Crippen LogP contribution in [0.3, 0.4) is 0 Å². The number of nitrogens with two attached hydrogens (primary N) is 1. The first-order valence-electron chi connectivity index (χ1n) is 7.10. The number of hydrogen-bond acceptors (Lipinski definition) is 4. The number of hydrogen-bond donors (Lipinski definition) is 1. The van der Waals surface area contributed by atoms with E-state index >= 15 is 0 Å². The van der Waals surface area contributed by atoms with Crippen LogP contribution in [0.1, 0.15) is 16.7 Å². The Labute approximate surface area is 134 Å². The molecule has 0 saturated carbocycles. The SMILES string of the molecule is Cc1ccc(C)c(CSc2nnc(-c3ccccc3)n2N)c1. The zero-order valence-corrected chi connectivity index (χ0v) is 13.5. The zero-order chi connectivity index (χ0) is 15.5. The molecule has 0 aliphatic carbocycles. The molecular formula is C17H18N4S. The molecule has 0 saturated heterocycles. The first-order chi connectivity index (χ1) is 10.6. The van der Waals surface area contributed by atoms with Crippen molar-refractivity contribution in [3.8, 4) is 11.4 Å². The van der Waals surface area contributed by atoms with Crippen molar-refractivity contribution in [3.63, 3.8) is 0 Å². The summed E-state index contributed by atoms with van der Waals surface area (Å²) in [5, 5.41) is 9.14. The van der Waals surface area contributed by atoms with Crippen molar-refractivity contribution in [1.82, 2.24) is 14.9 Å². The van der Waals surface area contributed by atoms with Crippen LogP contribution in [0.25, 0.3) is 11.4 Å². The van der Waals surface area contributed by atoms with E-state index in [1.165, 1.54) is 16.7 Å². The molecule has 0 unspecified atom stereocenters. The maximum Gasteiger partial charge on any atom is 0.210 e. The van der Waals surface area contributed by atoms with Crippen LogP contribution in [0.4, 0.5) is 0 Å². The summed E-state index contributed by atoms with van der Waals surface area (Å²) < 4.78 is 1.56. The summed E-state index contributed by atoms with van der Waals surface area (Å²) in [5.41, 5.74) is 4.82. The predicted octanol–water partition coefficient (Wildman–Crippen LogP) is 3.57. The Balaban J connectivity index is 1.80. The maximum absolute atomic E-state index is 6.14. The lowest BCUT2D eigenvalue weighted by Crippen LogP contribution is -2.11. The normalized spacial score (nSPS) is 10.8. The molecule has 0 spiro atoms. The highest BCUT2D eigenvalue weighted by Crippen LogP contribution is 2.25. The number of nitrogen functional groups attached to an aromatic ring is 1. The molecule has 3 aromatic rings. The van der Waals surface area contributed by atoms with E-state index in [0.29, 0.717) is 5.82 Å². The molecule has 22 heavy (non-hydrogen) atoms. The third-order valence-electron chi connectivity index (χ3n) is 3.56. The standard InChI is InChI=1S/C17H18N4S/c1-12-8-9-13(2)15(10-12)11-22-17-20-19-16(21(17)18)14-6-4-3-5-7-14/h3-10H,11,18H2,1-2H3. The molecule has 0 amide bonds. The smallest absolute Gasteiger partial charge is 0.210 e. The van der Waals surface area contributed by atoms with Crippen molar-refractivity contribution in [3.05, 3.63) is 65.2 Å². The van der Waals surface area contributed by atoms with Gasteiger partial charge in [0.2, 0.25) is 5.16 Å². The summed E-state index contributed by atoms with van der Waals surface area (Å²) in [4.78, 5) is 0. The van der Waals surface area contributed by atoms with Gasteiger partial charge in [-0.1, -0.05) is 65.9 Å². The molecule has 1 heterocycles. The van der Waals surface area contributed by atoms with E-state index in [9.17, 15) is 0 Å².